The summed E-state index contributed by atoms with van der Waals surface area (Å²) in [5.74, 6) is 1.97. The fraction of sp³-hybridized carbons (Fsp3) is 0.556. The summed E-state index contributed by atoms with van der Waals surface area (Å²) in [4.78, 5) is 9.90. The number of anilines is 1. The molecule has 0 fully saturated rings. The van der Waals surface area contributed by atoms with Crippen molar-refractivity contribution in [2.75, 3.05) is 24.6 Å². The molecule has 0 unspecified atom stereocenters. The molecule has 0 radical (unpaired) electrons. The first-order valence-corrected chi connectivity index (χ1v) is 7.57. The van der Waals surface area contributed by atoms with E-state index in [0.717, 1.165) is 22.7 Å². The molecule has 0 aliphatic heterocycles. The van der Waals surface area contributed by atoms with Crippen molar-refractivity contribution in [2.45, 2.75) is 12.7 Å². The van der Waals surface area contributed by atoms with Crippen LogP contribution in [0.1, 0.15) is 11.9 Å². The highest BCUT2D eigenvalue weighted by Crippen LogP contribution is 2.17. The van der Waals surface area contributed by atoms with Gasteiger partial charge in [0.2, 0.25) is 5.13 Å². The van der Waals surface area contributed by atoms with Crippen molar-refractivity contribution in [1.82, 2.24) is 20.8 Å². The van der Waals surface area contributed by atoms with Gasteiger partial charge >= 0.3 is 0 Å². The van der Waals surface area contributed by atoms with Gasteiger partial charge in [0.25, 0.3) is 6.20 Å². The van der Waals surface area contributed by atoms with E-state index in [2.05, 4.69) is 20.8 Å². The van der Waals surface area contributed by atoms with Gasteiger partial charge in [-0.15, -0.1) is 10.2 Å². The smallest absolute Gasteiger partial charge is 0.274 e. The van der Waals surface area contributed by atoms with Crippen LogP contribution in [0.3, 0.4) is 0 Å². The molecule has 0 aromatic carbocycles. The van der Waals surface area contributed by atoms with Gasteiger partial charge in [0.1, 0.15) is 5.01 Å². The molecule has 8 nitrogen and oxygen atoms in total. The van der Waals surface area contributed by atoms with Gasteiger partial charge in [-0.25, -0.2) is 0 Å². The van der Waals surface area contributed by atoms with E-state index in [9.17, 15) is 10.1 Å². The molecule has 0 saturated carbocycles. The molecule has 0 atom stereocenters. The maximum absolute atomic E-state index is 10.4. The highest BCUT2D eigenvalue weighted by atomic mass is 32.2. The van der Waals surface area contributed by atoms with E-state index in [-0.39, 0.29) is 0 Å². The number of nitrogens with one attached hydrogen (secondary N) is 2. The van der Waals surface area contributed by atoms with Crippen LogP contribution in [-0.4, -0.2) is 34.0 Å². The molecule has 1 heterocycles. The fourth-order valence-corrected chi connectivity index (χ4v) is 2.71. The summed E-state index contributed by atoms with van der Waals surface area (Å²) < 4.78 is 0. The van der Waals surface area contributed by atoms with Crippen LogP contribution in [-0.2, 0) is 5.75 Å². The Bertz CT molecular complexity index is 436. The fourth-order valence-electron chi connectivity index (χ4n) is 1.19. The lowest BCUT2D eigenvalue weighted by Gasteiger charge is -2.08. The average Bonchev–Trinajstić information content (AvgIpc) is 2.74. The number of hydrogen-bond donors (Lipinski definition) is 3. The quantitative estimate of drug-likeness (QED) is 0.345. The molecule has 1 rings (SSSR count). The van der Waals surface area contributed by atoms with E-state index < -0.39 is 4.92 Å². The lowest BCUT2D eigenvalue weighted by molar-refractivity contribution is -0.404. The van der Waals surface area contributed by atoms with Crippen molar-refractivity contribution in [3.8, 4) is 0 Å². The third kappa shape index (κ3) is 6.82. The second-order valence-electron chi connectivity index (χ2n) is 3.37. The number of aromatic nitrogens is 2. The average molecular weight is 304 g/mol. The minimum absolute atomic E-state index is 0.424. The maximum Gasteiger partial charge on any atom is 0.274 e. The third-order valence-corrected chi connectivity index (χ3v) is 3.78. The van der Waals surface area contributed by atoms with Crippen LogP contribution >= 0.6 is 23.1 Å². The normalized spacial score (nSPS) is 11.3. The summed E-state index contributed by atoms with van der Waals surface area (Å²) in [6.45, 7) is 3.14. The molecule has 1 aromatic rings. The molecule has 0 bridgehead atoms. The molecule has 106 valence electrons. The molecule has 19 heavy (non-hydrogen) atoms. The molecule has 0 aliphatic carbocycles. The monoisotopic (exact) mass is 304 g/mol. The largest absolute Gasteiger partial charge is 0.374 e. The lowest BCUT2D eigenvalue weighted by Crippen LogP contribution is -2.28. The molecule has 1 aromatic heterocycles. The third-order valence-electron chi connectivity index (χ3n) is 1.87. The van der Waals surface area contributed by atoms with Crippen molar-refractivity contribution in [3.63, 3.8) is 0 Å². The predicted octanol–water partition coefficient (Wildman–Crippen LogP) is 0.628. The number of hydrogen-bond acceptors (Lipinski definition) is 9. The van der Waals surface area contributed by atoms with Gasteiger partial charge < -0.3 is 16.4 Å². The summed E-state index contributed by atoms with van der Waals surface area (Å²) in [6, 6.07) is 0. The van der Waals surface area contributed by atoms with Crippen molar-refractivity contribution in [2.24, 2.45) is 0 Å². The van der Waals surface area contributed by atoms with Crippen LogP contribution in [0.25, 0.3) is 0 Å². The number of rotatable bonds is 9. The Hall–Kier alpha value is -1.55. The molecular weight excluding hydrogens is 288 g/mol. The van der Waals surface area contributed by atoms with Gasteiger partial charge in [-0.3, -0.25) is 10.1 Å². The molecule has 0 aliphatic rings. The second kappa shape index (κ2) is 8.53. The summed E-state index contributed by atoms with van der Waals surface area (Å²) in [5, 5.41) is 25.2. The minimum atomic E-state index is -0.484. The number of nitro groups is 1. The van der Waals surface area contributed by atoms with Crippen LogP contribution < -0.4 is 16.4 Å². The van der Waals surface area contributed by atoms with E-state index in [1.807, 2.05) is 6.92 Å². The predicted molar refractivity (Wildman–Crippen MR) is 77.2 cm³/mol. The van der Waals surface area contributed by atoms with Crippen LogP contribution in [0.5, 0.6) is 0 Å². The summed E-state index contributed by atoms with van der Waals surface area (Å²) in [5.41, 5.74) is 5.47. The zero-order valence-corrected chi connectivity index (χ0v) is 12.1. The van der Waals surface area contributed by atoms with Gasteiger partial charge in [-0.1, -0.05) is 11.3 Å². The van der Waals surface area contributed by atoms with Crippen molar-refractivity contribution < 1.29 is 4.92 Å². The number of nitrogens with two attached hydrogens (primary N) is 1. The van der Waals surface area contributed by atoms with Crippen LogP contribution in [0.15, 0.2) is 12.0 Å². The van der Waals surface area contributed by atoms with Gasteiger partial charge in [0, 0.05) is 24.6 Å². The van der Waals surface area contributed by atoms with E-state index in [1.165, 1.54) is 11.3 Å². The number of nitrogen functional groups attached to an aromatic ring is 1. The molecular formula is C9H16N6O2S2. The van der Waals surface area contributed by atoms with E-state index in [0.29, 0.717) is 24.0 Å². The Morgan fingerprint density at radius 3 is 2.95 bits per heavy atom. The van der Waals surface area contributed by atoms with Crippen LogP contribution in [0, 0.1) is 10.1 Å². The van der Waals surface area contributed by atoms with Crippen molar-refractivity contribution in [1.29, 1.82) is 0 Å². The first kappa shape index (κ1) is 15.5. The zero-order valence-electron chi connectivity index (χ0n) is 10.5. The van der Waals surface area contributed by atoms with E-state index in [1.54, 1.807) is 11.8 Å². The van der Waals surface area contributed by atoms with E-state index >= 15 is 0 Å². The highest BCUT2D eigenvalue weighted by molar-refractivity contribution is 7.98. The molecule has 10 heteroatoms. The van der Waals surface area contributed by atoms with Crippen LogP contribution in [0.4, 0.5) is 5.13 Å². The minimum Gasteiger partial charge on any atom is -0.374 e. The first-order valence-electron chi connectivity index (χ1n) is 5.60. The molecule has 0 saturated heterocycles. The zero-order chi connectivity index (χ0) is 14.1. The van der Waals surface area contributed by atoms with Gasteiger partial charge in [-0.05, 0) is 6.92 Å². The molecule has 0 amide bonds. The Morgan fingerprint density at radius 2 is 2.37 bits per heavy atom. The van der Waals surface area contributed by atoms with Crippen molar-refractivity contribution >= 4 is 28.2 Å². The Labute approximate surface area is 119 Å². The number of thioether (sulfide) groups is 1. The topological polar surface area (TPSA) is 119 Å². The highest BCUT2D eigenvalue weighted by Gasteiger charge is 2.02. The standard InChI is InChI=1S/C9H16N6O2S2/c1-2-11-7(5-15(16)17)12-3-4-18-6-8-13-14-9(10)19-8/h5,11-12H,2-4,6H2,1H3,(H2,10,14). The molecule has 4 N–H and O–H groups in total. The lowest BCUT2D eigenvalue weighted by atomic mass is 10.6. The van der Waals surface area contributed by atoms with Crippen molar-refractivity contribution in [3.05, 3.63) is 27.1 Å². The number of nitrogens with zero attached hydrogens (tertiary/aromatic N) is 3. The van der Waals surface area contributed by atoms with Gasteiger partial charge in [-0.2, -0.15) is 11.8 Å². The Morgan fingerprint density at radius 1 is 1.58 bits per heavy atom. The van der Waals surface area contributed by atoms with Gasteiger partial charge in [0.05, 0.1) is 4.92 Å². The Kier molecular flexibility index (Phi) is 6.97. The summed E-state index contributed by atoms with van der Waals surface area (Å²) in [6.07, 6.45) is 0.930. The molecule has 0 spiro atoms. The summed E-state index contributed by atoms with van der Waals surface area (Å²) in [7, 11) is 0. The second-order valence-corrected chi connectivity index (χ2v) is 5.57. The SMILES string of the molecule is CCNC(=C[N+](=O)[O-])NCCSCc1nnc(N)s1. The first-order chi connectivity index (χ1) is 9.11. The van der Waals surface area contributed by atoms with E-state index in [4.69, 9.17) is 5.73 Å². The van der Waals surface area contributed by atoms with Gasteiger partial charge in [0.15, 0.2) is 5.82 Å². The maximum atomic E-state index is 10.4. The van der Waals surface area contributed by atoms with Crippen LogP contribution in [0.2, 0.25) is 0 Å². The Balaban J connectivity index is 2.20. The summed E-state index contributed by atoms with van der Waals surface area (Å²) >= 11 is 3.03.